The first-order valence-electron chi connectivity index (χ1n) is 7.53. The maximum absolute atomic E-state index is 11.8. The van der Waals surface area contributed by atoms with Crippen molar-refractivity contribution in [3.05, 3.63) is 10.6 Å². The van der Waals surface area contributed by atoms with Crippen molar-refractivity contribution in [2.75, 3.05) is 11.9 Å². The van der Waals surface area contributed by atoms with Gasteiger partial charge in [0.1, 0.15) is 0 Å². The van der Waals surface area contributed by atoms with E-state index in [9.17, 15) is 4.79 Å². The largest absolute Gasteiger partial charge is 0.461 e. The van der Waals surface area contributed by atoms with E-state index >= 15 is 0 Å². The lowest BCUT2D eigenvalue weighted by Gasteiger charge is -2.22. The van der Waals surface area contributed by atoms with Gasteiger partial charge in [0.2, 0.25) is 0 Å². The van der Waals surface area contributed by atoms with Crippen molar-refractivity contribution in [1.82, 2.24) is 4.98 Å². The zero-order chi connectivity index (χ0) is 14.5. The Labute approximate surface area is 124 Å². The summed E-state index contributed by atoms with van der Waals surface area (Å²) < 4.78 is 5.03. The van der Waals surface area contributed by atoms with Gasteiger partial charge in [-0.05, 0) is 32.6 Å². The summed E-state index contributed by atoms with van der Waals surface area (Å²) in [6.45, 7) is 6.42. The van der Waals surface area contributed by atoms with Gasteiger partial charge in [-0.2, -0.15) is 0 Å². The molecule has 112 valence electrons. The van der Waals surface area contributed by atoms with Gasteiger partial charge in [-0.15, -0.1) is 11.3 Å². The van der Waals surface area contributed by atoms with Crippen LogP contribution in [0.1, 0.15) is 61.3 Å². The van der Waals surface area contributed by atoms with Gasteiger partial charge in [0.25, 0.3) is 0 Å². The molecule has 1 aromatic rings. The predicted octanol–water partition coefficient (Wildman–Crippen LogP) is 4.01. The number of aryl methyl sites for hydroxylation is 1. The summed E-state index contributed by atoms with van der Waals surface area (Å²) in [4.78, 5) is 17.1. The molecule has 1 N–H and O–H groups in total. The Morgan fingerprint density at radius 2 is 2.15 bits per heavy atom. The second kappa shape index (κ2) is 7.07. The molecule has 5 heteroatoms. The van der Waals surface area contributed by atoms with Crippen molar-refractivity contribution in [3.8, 4) is 0 Å². The molecule has 0 saturated heterocycles. The SMILES string of the molecule is CCOC(=O)c1nc(NC2CCCCCC2C)sc1C. The van der Waals surface area contributed by atoms with Crippen molar-refractivity contribution >= 4 is 22.4 Å². The first-order chi connectivity index (χ1) is 9.61. The van der Waals surface area contributed by atoms with Crippen LogP contribution in [-0.2, 0) is 4.74 Å². The summed E-state index contributed by atoms with van der Waals surface area (Å²) in [7, 11) is 0. The molecule has 2 rings (SSSR count). The number of carbonyl (C=O) groups excluding carboxylic acids is 1. The van der Waals surface area contributed by atoms with Gasteiger partial charge in [0.15, 0.2) is 10.8 Å². The average molecular weight is 296 g/mol. The molecule has 1 saturated carbocycles. The number of thiazole rings is 1. The Balaban J connectivity index is 2.05. The van der Waals surface area contributed by atoms with E-state index in [0.717, 1.165) is 10.0 Å². The maximum atomic E-state index is 11.8. The molecule has 2 unspecified atom stereocenters. The molecular formula is C15H24N2O2S. The summed E-state index contributed by atoms with van der Waals surface area (Å²) in [5.74, 6) is 0.343. The predicted molar refractivity (Wildman–Crippen MR) is 82.5 cm³/mol. The van der Waals surface area contributed by atoms with Crippen LogP contribution < -0.4 is 5.32 Å². The minimum atomic E-state index is -0.316. The number of hydrogen-bond donors (Lipinski definition) is 1. The van der Waals surface area contributed by atoms with Gasteiger partial charge in [-0.1, -0.05) is 26.2 Å². The molecule has 1 aromatic heterocycles. The third-order valence-electron chi connectivity index (χ3n) is 3.94. The molecule has 20 heavy (non-hydrogen) atoms. The Kier molecular flexibility index (Phi) is 5.40. The fraction of sp³-hybridized carbons (Fsp3) is 0.733. The van der Waals surface area contributed by atoms with E-state index in [2.05, 4.69) is 17.2 Å². The summed E-state index contributed by atoms with van der Waals surface area (Å²) in [5.41, 5.74) is 0.459. The van der Waals surface area contributed by atoms with Crippen molar-refractivity contribution in [3.63, 3.8) is 0 Å². The molecule has 0 amide bonds. The molecule has 1 aliphatic rings. The molecule has 0 bridgehead atoms. The van der Waals surface area contributed by atoms with Crippen molar-refractivity contribution < 1.29 is 9.53 Å². The third-order valence-corrected chi connectivity index (χ3v) is 4.84. The number of ether oxygens (including phenoxy) is 1. The Morgan fingerprint density at radius 1 is 1.40 bits per heavy atom. The normalized spacial score (nSPS) is 23.1. The van der Waals surface area contributed by atoms with Gasteiger partial charge >= 0.3 is 5.97 Å². The number of carbonyl (C=O) groups is 1. The van der Waals surface area contributed by atoms with E-state index in [1.807, 2.05) is 13.8 Å². The lowest BCUT2D eigenvalue weighted by Crippen LogP contribution is -2.26. The minimum Gasteiger partial charge on any atom is -0.461 e. The summed E-state index contributed by atoms with van der Waals surface area (Å²) in [6, 6.07) is 0.470. The second-order valence-corrected chi connectivity index (χ2v) is 6.71. The highest BCUT2D eigenvalue weighted by atomic mass is 32.1. The molecule has 1 fully saturated rings. The zero-order valence-electron chi connectivity index (χ0n) is 12.6. The number of hydrogen-bond acceptors (Lipinski definition) is 5. The highest BCUT2D eigenvalue weighted by molar-refractivity contribution is 7.15. The molecule has 0 aromatic carbocycles. The number of anilines is 1. The lowest BCUT2D eigenvalue weighted by molar-refractivity contribution is 0.0519. The molecule has 0 radical (unpaired) electrons. The topological polar surface area (TPSA) is 51.2 Å². The minimum absolute atomic E-state index is 0.316. The van der Waals surface area contributed by atoms with Crippen LogP contribution in [0.4, 0.5) is 5.13 Å². The van der Waals surface area contributed by atoms with Crippen molar-refractivity contribution in [1.29, 1.82) is 0 Å². The molecule has 4 nitrogen and oxygen atoms in total. The average Bonchev–Trinajstić information content (AvgIpc) is 2.65. The van der Waals surface area contributed by atoms with E-state index in [1.165, 1.54) is 32.1 Å². The molecular weight excluding hydrogens is 272 g/mol. The monoisotopic (exact) mass is 296 g/mol. The van der Waals surface area contributed by atoms with Crippen LogP contribution in [0.3, 0.4) is 0 Å². The van der Waals surface area contributed by atoms with Crippen LogP contribution in [0, 0.1) is 12.8 Å². The fourth-order valence-corrected chi connectivity index (χ4v) is 3.58. The van der Waals surface area contributed by atoms with Crippen LogP contribution in [0.2, 0.25) is 0 Å². The number of nitrogens with zero attached hydrogens (tertiary/aromatic N) is 1. The summed E-state index contributed by atoms with van der Waals surface area (Å²) >= 11 is 1.55. The van der Waals surface area contributed by atoms with E-state index in [1.54, 1.807) is 11.3 Å². The summed E-state index contributed by atoms with van der Waals surface area (Å²) in [6.07, 6.45) is 6.39. The standard InChI is InChI=1S/C15H24N2O2S/c1-4-19-14(18)13-11(3)20-15(17-13)16-12-9-7-5-6-8-10(12)2/h10,12H,4-9H2,1-3H3,(H,16,17). The maximum Gasteiger partial charge on any atom is 0.358 e. The Morgan fingerprint density at radius 3 is 2.90 bits per heavy atom. The highest BCUT2D eigenvalue weighted by Crippen LogP contribution is 2.29. The zero-order valence-corrected chi connectivity index (χ0v) is 13.4. The van der Waals surface area contributed by atoms with Gasteiger partial charge in [0.05, 0.1) is 6.61 Å². The Bertz CT molecular complexity index is 459. The van der Waals surface area contributed by atoms with Gasteiger partial charge < -0.3 is 10.1 Å². The molecule has 1 aliphatic carbocycles. The van der Waals surface area contributed by atoms with Crippen LogP contribution in [0.25, 0.3) is 0 Å². The van der Waals surface area contributed by atoms with E-state index in [0.29, 0.717) is 24.3 Å². The van der Waals surface area contributed by atoms with E-state index in [4.69, 9.17) is 4.74 Å². The van der Waals surface area contributed by atoms with Crippen LogP contribution >= 0.6 is 11.3 Å². The van der Waals surface area contributed by atoms with Crippen LogP contribution in [0.5, 0.6) is 0 Å². The van der Waals surface area contributed by atoms with Gasteiger partial charge in [0, 0.05) is 10.9 Å². The quantitative estimate of drug-likeness (QED) is 0.674. The number of esters is 1. The Hall–Kier alpha value is -1.10. The highest BCUT2D eigenvalue weighted by Gasteiger charge is 2.22. The molecule has 0 aliphatic heterocycles. The summed E-state index contributed by atoms with van der Waals surface area (Å²) in [5, 5.41) is 4.38. The van der Waals surface area contributed by atoms with E-state index in [-0.39, 0.29) is 5.97 Å². The van der Waals surface area contributed by atoms with Crippen molar-refractivity contribution in [2.45, 2.75) is 58.9 Å². The number of rotatable bonds is 4. The van der Waals surface area contributed by atoms with Crippen molar-refractivity contribution in [2.24, 2.45) is 5.92 Å². The number of nitrogens with one attached hydrogen (secondary N) is 1. The lowest BCUT2D eigenvalue weighted by atomic mass is 9.97. The van der Waals surface area contributed by atoms with Crippen LogP contribution in [-0.4, -0.2) is 23.6 Å². The van der Waals surface area contributed by atoms with E-state index < -0.39 is 0 Å². The smallest absolute Gasteiger partial charge is 0.358 e. The molecule has 0 spiro atoms. The fourth-order valence-electron chi connectivity index (χ4n) is 2.71. The third kappa shape index (κ3) is 3.72. The first-order valence-corrected chi connectivity index (χ1v) is 8.34. The second-order valence-electron chi connectivity index (χ2n) is 5.51. The van der Waals surface area contributed by atoms with Gasteiger partial charge in [-0.25, -0.2) is 9.78 Å². The first kappa shape index (κ1) is 15.3. The van der Waals surface area contributed by atoms with Crippen LogP contribution in [0.15, 0.2) is 0 Å². The number of aromatic nitrogens is 1. The molecule has 1 heterocycles. The molecule has 2 atom stereocenters. The van der Waals surface area contributed by atoms with Gasteiger partial charge in [-0.3, -0.25) is 0 Å².